The second kappa shape index (κ2) is 2.24. The lowest BCUT2D eigenvalue weighted by atomic mass is 10.1. The van der Waals surface area contributed by atoms with E-state index in [0.29, 0.717) is 12.0 Å². The average Bonchev–Trinajstić information content (AvgIpc) is 2.95. The van der Waals surface area contributed by atoms with Crippen molar-refractivity contribution < 1.29 is 5.11 Å². The molecule has 0 aromatic carbocycles. The predicted molar refractivity (Wildman–Crippen MR) is 46.8 cm³/mol. The normalized spacial score (nSPS) is 42.8. The van der Waals surface area contributed by atoms with Crippen LogP contribution in [0.3, 0.4) is 0 Å². The van der Waals surface area contributed by atoms with E-state index in [9.17, 15) is 0 Å². The molecule has 12 heavy (non-hydrogen) atoms. The maximum absolute atomic E-state index is 9.17. The maximum atomic E-state index is 9.17. The van der Waals surface area contributed by atoms with Crippen molar-refractivity contribution in [3.8, 4) is 0 Å². The van der Waals surface area contributed by atoms with Crippen LogP contribution in [0, 0.1) is 17.3 Å². The monoisotopic (exact) mass is 167 g/mol. The molecule has 0 aromatic rings. The van der Waals surface area contributed by atoms with Crippen molar-refractivity contribution in [2.75, 3.05) is 26.2 Å². The van der Waals surface area contributed by atoms with E-state index < -0.39 is 0 Å². The van der Waals surface area contributed by atoms with Crippen LogP contribution in [0.5, 0.6) is 0 Å². The molecule has 1 heterocycles. The molecule has 0 radical (unpaired) electrons. The average molecular weight is 167 g/mol. The first-order valence-electron chi connectivity index (χ1n) is 5.15. The molecule has 0 aromatic heterocycles. The highest BCUT2D eigenvalue weighted by atomic mass is 16.3. The van der Waals surface area contributed by atoms with E-state index in [1.54, 1.807) is 0 Å². The molecule has 1 saturated heterocycles. The molecule has 0 amide bonds. The minimum Gasteiger partial charge on any atom is -0.396 e. The molecular formula is C10H17NO. The Labute approximate surface area is 73.6 Å². The predicted octanol–water partition coefficient (Wildman–Crippen LogP) is 0.711. The van der Waals surface area contributed by atoms with Gasteiger partial charge < -0.3 is 10.0 Å². The molecule has 2 saturated carbocycles. The molecule has 3 rings (SSSR count). The topological polar surface area (TPSA) is 23.5 Å². The van der Waals surface area contributed by atoms with Gasteiger partial charge in [-0.2, -0.15) is 0 Å². The second-order valence-electron chi connectivity index (χ2n) is 5.11. The number of fused-ring (bicyclic) bond motifs is 1. The lowest BCUT2D eigenvalue weighted by Gasteiger charge is -2.22. The Morgan fingerprint density at radius 3 is 2.42 bits per heavy atom. The third-order valence-corrected chi connectivity index (χ3v) is 3.91. The molecule has 2 heteroatoms. The number of likely N-dealkylation sites (tertiary alicyclic amines) is 1. The van der Waals surface area contributed by atoms with E-state index >= 15 is 0 Å². The van der Waals surface area contributed by atoms with Gasteiger partial charge >= 0.3 is 0 Å². The maximum Gasteiger partial charge on any atom is 0.0499 e. The van der Waals surface area contributed by atoms with Crippen LogP contribution < -0.4 is 0 Å². The summed E-state index contributed by atoms with van der Waals surface area (Å²) in [5, 5.41) is 9.17. The highest BCUT2D eigenvalue weighted by Gasteiger charge is 2.49. The Balaban J connectivity index is 1.55. The van der Waals surface area contributed by atoms with E-state index in [0.717, 1.165) is 11.8 Å². The Morgan fingerprint density at radius 2 is 1.92 bits per heavy atom. The molecule has 0 bridgehead atoms. The van der Waals surface area contributed by atoms with Crippen molar-refractivity contribution in [3.05, 3.63) is 0 Å². The van der Waals surface area contributed by atoms with Crippen LogP contribution in [-0.2, 0) is 0 Å². The van der Waals surface area contributed by atoms with Crippen molar-refractivity contribution >= 4 is 0 Å². The van der Waals surface area contributed by atoms with Crippen LogP contribution in [0.2, 0.25) is 0 Å². The first-order chi connectivity index (χ1) is 5.81. The number of piperidine rings is 1. The smallest absolute Gasteiger partial charge is 0.0499 e. The molecule has 1 N–H and O–H groups in total. The highest BCUT2D eigenvalue weighted by molar-refractivity contribution is 5.01. The SMILES string of the molecule is OCC1(CN2CC3CC3C2)CC1. The van der Waals surface area contributed by atoms with Crippen LogP contribution in [-0.4, -0.2) is 36.2 Å². The number of aliphatic hydroxyl groups excluding tert-OH is 1. The molecule has 1 aliphatic heterocycles. The van der Waals surface area contributed by atoms with E-state index in [1.807, 2.05) is 0 Å². The van der Waals surface area contributed by atoms with Gasteiger partial charge in [-0.25, -0.2) is 0 Å². The lowest BCUT2D eigenvalue weighted by molar-refractivity contribution is 0.156. The van der Waals surface area contributed by atoms with Crippen LogP contribution in [0.1, 0.15) is 19.3 Å². The van der Waals surface area contributed by atoms with Gasteiger partial charge in [-0.3, -0.25) is 0 Å². The summed E-state index contributed by atoms with van der Waals surface area (Å²) >= 11 is 0. The zero-order chi connectivity index (χ0) is 8.18. The number of aliphatic hydroxyl groups is 1. The third kappa shape index (κ3) is 1.09. The van der Waals surface area contributed by atoms with Gasteiger partial charge in [-0.05, 0) is 31.1 Å². The van der Waals surface area contributed by atoms with Crippen LogP contribution in [0.25, 0.3) is 0 Å². The van der Waals surface area contributed by atoms with Crippen molar-refractivity contribution in [1.82, 2.24) is 4.90 Å². The van der Waals surface area contributed by atoms with E-state index in [4.69, 9.17) is 5.11 Å². The summed E-state index contributed by atoms with van der Waals surface area (Å²) in [5.41, 5.74) is 0.344. The lowest BCUT2D eigenvalue weighted by Crippen LogP contribution is -2.31. The second-order valence-corrected chi connectivity index (χ2v) is 5.11. The summed E-state index contributed by atoms with van der Waals surface area (Å²) in [6.45, 7) is 4.24. The number of nitrogens with zero attached hydrogens (tertiary/aromatic N) is 1. The first-order valence-corrected chi connectivity index (χ1v) is 5.15. The zero-order valence-electron chi connectivity index (χ0n) is 7.50. The highest BCUT2D eigenvalue weighted by Crippen LogP contribution is 2.50. The Morgan fingerprint density at radius 1 is 1.25 bits per heavy atom. The molecule has 2 unspecified atom stereocenters. The first kappa shape index (κ1) is 7.34. The molecule has 0 spiro atoms. The number of hydrogen-bond donors (Lipinski definition) is 1. The fourth-order valence-electron chi connectivity index (χ4n) is 2.64. The van der Waals surface area contributed by atoms with Crippen molar-refractivity contribution in [1.29, 1.82) is 0 Å². The Kier molecular flexibility index (Phi) is 1.37. The van der Waals surface area contributed by atoms with Gasteiger partial charge in [0.05, 0.1) is 0 Å². The summed E-state index contributed by atoms with van der Waals surface area (Å²) in [5.74, 6) is 2.08. The van der Waals surface area contributed by atoms with E-state index in [1.165, 1.54) is 38.9 Å². The van der Waals surface area contributed by atoms with Gasteiger partial charge in [0.2, 0.25) is 0 Å². The van der Waals surface area contributed by atoms with Gasteiger partial charge in [0.15, 0.2) is 0 Å². The molecule has 2 atom stereocenters. The number of rotatable bonds is 3. The summed E-state index contributed by atoms with van der Waals surface area (Å²) in [4.78, 5) is 2.57. The molecule has 68 valence electrons. The fraction of sp³-hybridized carbons (Fsp3) is 1.00. The molecule has 3 aliphatic rings. The standard InChI is InChI=1S/C10H17NO/c12-7-10(1-2-10)6-11-4-8-3-9(8)5-11/h8-9,12H,1-7H2. The summed E-state index contributed by atoms with van der Waals surface area (Å²) < 4.78 is 0. The molecular weight excluding hydrogens is 150 g/mol. The van der Waals surface area contributed by atoms with Crippen molar-refractivity contribution in [2.45, 2.75) is 19.3 Å². The summed E-state index contributed by atoms with van der Waals surface area (Å²) in [6.07, 6.45) is 4.01. The molecule has 3 fully saturated rings. The molecule has 2 nitrogen and oxygen atoms in total. The van der Waals surface area contributed by atoms with Gasteiger partial charge in [-0.1, -0.05) is 0 Å². The third-order valence-electron chi connectivity index (χ3n) is 3.91. The molecule has 2 aliphatic carbocycles. The minimum absolute atomic E-state index is 0.344. The van der Waals surface area contributed by atoms with Gasteiger partial charge in [0.1, 0.15) is 0 Å². The Bertz CT molecular complexity index is 190. The summed E-state index contributed by atoms with van der Waals surface area (Å²) in [6, 6.07) is 0. The van der Waals surface area contributed by atoms with Gasteiger partial charge in [0, 0.05) is 31.7 Å². The largest absolute Gasteiger partial charge is 0.396 e. The van der Waals surface area contributed by atoms with Crippen molar-refractivity contribution in [3.63, 3.8) is 0 Å². The zero-order valence-corrected chi connectivity index (χ0v) is 7.50. The summed E-state index contributed by atoms with van der Waals surface area (Å²) in [7, 11) is 0. The van der Waals surface area contributed by atoms with Gasteiger partial charge in [-0.15, -0.1) is 0 Å². The van der Waals surface area contributed by atoms with Crippen LogP contribution in [0.15, 0.2) is 0 Å². The minimum atomic E-state index is 0.344. The van der Waals surface area contributed by atoms with Crippen molar-refractivity contribution in [2.24, 2.45) is 17.3 Å². The van der Waals surface area contributed by atoms with E-state index in [2.05, 4.69) is 4.90 Å². The number of hydrogen-bond acceptors (Lipinski definition) is 2. The van der Waals surface area contributed by atoms with Gasteiger partial charge in [0.25, 0.3) is 0 Å². The van der Waals surface area contributed by atoms with Crippen LogP contribution >= 0.6 is 0 Å². The fourth-order valence-corrected chi connectivity index (χ4v) is 2.64. The van der Waals surface area contributed by atoms with Crippen LogP contribution in [0.4, 0.5) is 0 Å². The quantitative estimate of drug-likeness (QED) is 0.669. The van der Waals surface area contributed by atoms with E-state index in [-0.39, 0.29) is 0 Å². The Hall–Kier alpha value is -0.0800.